The molecule has 4 heteroatoms. The van der Waals surface area contributed by atoms with E-state index in [0.29, 0.717) is 30.5 Å². The Labute approximate surface area is 214 Å². The van der Waals surface area contributed by atoms with Gasteiger partial charge in [-0.05, 0) is 67.4 Å². The lowest BCUT2D eigenvalue weighted by molar-refractivity contribution is -0.120. The lowest BCUT2D eigenvalue weighted by Crippen LogP contribution is -2.43. The summed E-state index contributed by atoms with van der Waals surface area (Å²) in [6.45, 7) is 22.2. The van der Waals surface area contributed by atoms with Gasteiger partial charge in [0.15, 0.2) is 11.5 Å². The molecule has 2 aromatic carbocycles. The summed E-state index contributed by atoms with van der Waals surface area (Å²) < 4.78 is 11.6. The normalized spacial score (nSPS) is 17.7. The minimum Gasteiger partial charge on any atom is -0.493 e. The van der Waals surface area contributed by atoms with Gasteiger partial charge < -0.3 is 9.47 Å². The molecular formula is C31H43O3P. The quantitative estimate of drug-likeness (QED) is 0.363. The topological polar surface area (TPSA) is 35.5 Å². The van der Waals surface area contributed by atoms with Gasteiger partial charge in [0.25, 0.3) is 0 Å². The molecule has 2 aromatic rings. The summed E-state index contributed by atoms with van der Waals surface area (Å²) in [7, 11) is 2.67. The average Bonchev–Trinajstić information content (AvgIpc) is 2.75. The van der Waals surface area contributed by atoms with Crippen LogP contribution in [0.1, 0.15) is 96.8 Å². The molecule has 0 N–H and O–H groups in total. The third kappa shape index (κ3) is 5.21. The van der Waals surface area contributed by atoms with Crippen LogP contribution in [0.5, 0.6) is 11.5 Å². The molecule has 3 nitrogen and oxygen atoms in total. The second-order valence-electron chi connectivity index (χ2n) is 11.7. The molecule has 0 aromatic heterocycles. The smallest absolute Gasteiger partial charge is 0.161 e. The van der Waals surface area contributed by atoms with Crippen molar-refractivity contribution in [2.45, 2.75) is 90.4 Å². The van der Waals surface area contributed by atoms with Crippen LogP contribution in [0.15, 0.2) is 30.8 Å². The Morgan fingerprint density at radius 1 is 0.886 bits per heavy atom. The Morgan fingerprint density at radius 2 is 1.43 bits per heavy atom. The minimum atomic E-state index is -0.724. The molecule has 0 radical (unpaired) electrons. The predicted octanol–water partition coefficient (Wildman–Crippen LogP) is 8.29. The van der Waals surface area contributed by atoms with Crippen LogP contribution in [0.2, 0.25) is 0 Å². The van der Waals surface area contributed by atoms with Crippen LogP contribution in [0, 0.1) is 0 Å². The molecular weight excluding hydrogens is 451 g/mol. The Balaban J connectivity index is 2.48. The number of benzene rings is 2. The Hall–Kier alpha value is -2.12. The van der Waals surface area contributed by atoms with Crippen LogP contribution in [0.4, 0.5) is 0 Å². The monoisotopic (exact) mass is 494 g/mol. The SMILES string of the molecule is C=Cc1cc(C(C)C)cc(C(C)C)c1-c1cc(OC)c(OC)cc1P1C(C)(C)CC(=O)CC1(C)C. The summed E-state index contributed by atoms with van der Waals surface area (Å²) in [4.78, 5) is 12.7. The van der Waals surface area contributed by atoms with Gasteiger partial charge in [0, 0.05) is 12.8 Å². The summed E-state index contributed by atoms with van der Waals surface area (Å²) >= 11 is 0. The predicted molar refractivity (Wildman–Crippen MR) is 152 cm³/mol. The van der Waals surface area contributed by atoms with Crippen molar-refractivity contribution in [2.24, 2.45) is 0 Å². The number of carbonyl (C=O) groups is 1. The van der Waals surface area contributed by atoms with E-state index in [-0.39, 0.29) is 10.3 Å². The Kier molecular flexibility index (Phi) is 7.92. The highest BCUT2D eigenvalue weighted by Gasteiger charge is 2.48. The average molecular weight is 495 g/mol. The lowest BCUT2D eigenvalue weighted by Gasteiger charge is -2.50. The second kappa shape index (κ2) is 10.1. The van der Waals surface area contributed by atoms with Crippen molar-refractivity contribution in [3.63, 3.8) is 0 Å². The van der Waals surface area contributed by atoms with Gasteiger partial charge in [-0.2, -0.15) is 0 Å². The third-order valence-electron chi connectivity index (χ3n) is 7.21. The number of methoxy groups -OCH3 is 2. The van der Waals surface area contributed by atoms with Gasteiger partial charge in [-0.1, -0.05) is 88.1 Å². The fourth-order valence-corrected chi connectivity index (χ4v) is 10.2. The van der Waals surface area contributed by atoms with Gasteiger partial charge in [-0.3, -0.25) is 4.79 Å². The van der Waals surface area contributed by atoms with Crippen molar-refractivity contribution in [1.29, 1.82) is 0 Å². The van der Waals surface area contributed by atoms with E-state index in [9.17, 15) is 4.79 Å². The van der Waals surface area contributed by atoms with Crippen LogP contribution in [0.25, 0.3) is 17.2 Å². The number of ether oxygens (including phenoxy) is 2. The lowest BCUT2D eigenvalue weighted by atomic mass is 9.85. The maximum Gasteiger partial charge on any atom is 0.161 e. The summed E-state index contributed by atoms with van der Waals surface area (Å²) in [5.41, 5.74) is 6.19. The fraction of sp³-hybridized carbons (Fsp3) is 0.516. The van der Waals surface area contributed by atoms with E-state index < -0.39 is 7.92 Å². The minimum absolute atomic E-state index is 0.132. The number of hydrogen-bond acceptors (Lipinski definition) is 3. The molecule has 1 saturated heterocycles. The number of Topliss-reactive ketones (excluding diaryl/α,β-unsaturated/α-hetero) is 1. The molecule has 0 atom stereocenters. The highest BCUT2D eigenvalue weighted by atomic mass is 31.1. The maximum absolute atomic E-state index is 12.7. The summed E-state index contributed by atoms with van der Waals surface area (Å²) in [5.74, 6) is 2.59. The zero-order valence-electron chi connectivity index (χ0n) is 23.3. The van der Waals surface area contributed by atoms with Gasteiger partial charge >= 0.3 is 0 Å². The van der Waals surface area contributed by atoms with Crippen molar-refractivity contribution in [3.8, 4) is 22.6 Å². The number of hydrogen-bond donors (Lipinski definition) is 0. The molecule has 0 aliphatic carbocycles. The van der Waals surface area contributed by atoms with Gasteiger partial charge in [0.05, 0.1) is 14.2 Å². The zero-order valence-corrected chi connectivity index (χ0v) is 24.2. The standard InChI is InChI=1S/C31H43O3P/c1-12-21-13-22(19(2)3)14-24(20(4)5)29(21)25-15-26(33-10)27(34-11)16-28(25)35-30(6,7)17-23(32)18-31(35,8)9/h12-16,19-20H,1,17-18H2,2-11H3. The van der Waals surface area contributed by atoms with Crippen molar-refractivity contribution in [2.75, 3.05) is 14.2 Å². The van der Waals surface area contributed by atoms with Crippen LogP contribution in [0.3, 0.4) is 0 Å². The van der Waals surface area contributed by atoms with E-state index in [1.165, 1.54) is 27.6 Å². The molecule has 0 bridgehead atoms. The highest BCUT2D eigenvalue weighted by Crippen LogP contribution is 2.65. The number of rotatable bonds is 7. The largest absolute Gasteiger partial charge is 0.493 e. The van der Waals surface area contributed by atoms with Gasteiger partial charge in [0.2, 0.25) is 0 Å². The molecule has 35 heavy (non-hydrogen) atoms. The maximum atomic E-state index is 12.7. The van der Waals surface area contributed by atoms with Crippen molar-refractivity contribution in [3.05, 3.63) is 47.5 Å². The van der Waals surface area contributed by atoms with Crippen molar-refractivity contribution >= 4 is 25.1 Å². The van der Waals surface area contributed by atoms with E-state index in [1.54, 1.807) is 14.2 Å². The van der Waals surface area contributed by atoms with Crippen molar-refractivity contribution in [1.82, 2.24) is 0 Å². The molecule has 1 heterocycles. The first kappa shape index (κ1) is 27.5. The molecule has 1 aliphatic heterocycles. The van der Waals surface area contributed by atoms with Crippen LogP contribution < -0.4 is 14.8 Å². The number of carbonyl (C=O) groups excluding carboxylic acids is 1. The first-order chi connectivity index (χ1) is 16.3. The zero-order chi connectivity index (χ0) is 26.3. The molecule has 0 spiro atoms. The molecule has 190 valence electrons. The van der Waals surface area contributed by atoms with Gasteiger partial charge in [-0.15, -0.1) is 0 Å². The van der Waals surface area contributed by atoms with Crippen LogP contribution >= 0.6 is 7.92 Å². The first-order valence-electron chi connectivity index (χ1n) is 12.7. The van der Waals surface area contributed by atoms with E-state index >= 15 is 0 Å². The first-order valence-corrected chi connectivity index (χ1v) is 14.0. The van der Waals surface area contributed by atoms with Gasteiger partial charge in [-0.25, -0.2) is 0 Å². The molecule has 0 amide bonds. The second-order valence-corrected chi connectivity index (χ2v) is 15.2. The molecule has 1 fully saturated rings. The summed E-state index contributed by atoms with van der Waals surface area (Å²) in [6.07, 6.45) is 3.20. The molecule has 0 unspecified atom stereocenters. The van der Waals surface area contributed by atoms with Gasteiger partial charge in [0.1, 0.15) is 5.78 Å². The fourth-order valence-electron chi connectivity index (χ4n) is 5.88. The third-order valence-corrected chi connectivity index (χ3v) is 10.8. The van der Waals surface area contributed by atoms with Crippen molar-refractivity contribution < 1.29 is 14.3 Å². The van der Waals surface area contributed by atoms with Crippen LogP contribution in [-0.2, 0) is 4.79 Å². The summed E-state index contributed by atoms with van der Waals surface area (Å²) in [5, 5.41) is 1.02. The molecule has 1 aliphatic rings. The highest BCUT2D eigenvalue weighted by molar-refractivity contribution is 7.69. The van der Waals surface area contributed by atoms with E-state index in [0.717, 1.165) is 17.1 Å². The Bertz CT molecular complexity index is 1100. The van der Waals surface area contributed by atoms with E-state index in [2.05, 4.69) is 86.2 Å². The number of ketones is 1. The van der Waals surface area contributed by atoms with E-state index in [4.69, 9.17) is 9.47 Å². The molecule has 0 saturated carbocycles. The molecule has 3 rings (SSSR count). The van der Waals surface area contributed by atoms with E-state index in [1.807, 2.05) is 6.08 Å². The van der Waals surface area contributed by atoms with Crippen LogP contribution in [-0.4, -0.2) is 30.3 Å². The summed E-state index contributed by atoms with van der Waals surface area (Å²) in [6, 6.07) is 8.99. The Morgan fingerprint density at radius 3 is 1.89 bits per heavy atom.